The summed E-state index contributed by atoms with van der Waals surface area (Å²) in [5.74, 6) is 5.34. The SMILES string of the molecule is C#Cc1ccc(N2C(=O)c3cc(Oc4cccc(C#C)c4)c4ccccc4c3C2=O)cc1. The number of anilines is 1. The number of imide groups is 1. The first kappa shape index (κ1) is 19.2. The molecular weight excluding hydrogens is 398 g/mol. The second-order valence-corrected chi connectivity index (χ2v) is 7.25. The van der Waals surface area contributed by atoms with Crippen molar-refractivity contribution in [1.82, 2.24) is 0 Å². The summed E-state index contributed by atoms with van der Waals surface area (Å²) in [5, 5.41) is 1.37. The maximum Gasteiger partial charge on any atom is 0.266 e. The topological polar surface area (TPSA) is 46.6 Å². The molecular formula is C28H15NO3. The van der Waals surface area contributed by atoms with Crippen LogP contribution in [0.25, 0.3) is 10.8 Å². The highest BCUT2D eigenvalue weighted by Gasteiger charge is 2.39. The van der Waals surface area contributed by atoms with Crippen LogP contribution in [-0.2, 0) is 0 Å². The average Bonchev–Trinajstić information content (AvgIpc) is 3.09. The van der Waals surface area contributed by atoms with E-state index in [1.54, 1.807) is 54.6 Å². The molecule has 0 aliphatic carbocycles. The Morgan fingerprint density at radius 1 is 0.719 bits per heavy atom. The van der Waals surface area contributed by atoms with Gasteiger partial charge in [-0.25, -0.2) is 4.90 Å². The number of terminal acetylenes is 2. The average molecular weight is 413 g/mol. The molecule has 0 fully saturated rings. The van der Waals surface area contributed by atoms with Crippen molar-refractivity contribution in [2.24, 2.45) is 0 Å². The molecule has 4 aromatic carbocycles. The number of carbonyl (C=O) groups excluding carboxylic acids is 2. The third-order valence-corrected chi connectivity index (χ3v) is 5.38. The van der Waals surface area contributed by atoms with Crippen molar-refractivity contribution in [2.75, 3.05) is 4.90 Å². The standard InChI is InChI=1S/C28H15NO3/c1-3-18-12-14-20(15-13-18)29-27(30)24-17-25(32-21-9-7-8-19(4-2)16-21)22-10-5-6-11-23(22)26(24)28(29)31/h1-2,5-17H. The van der Waals surface area contributed by atoms with Crippen LogP contribution in [0.3, 0.4) is 0 Å². The van der Waals surface area contributed by atoms with E-state index in [-0.39, 0.29) is 11.5 Å². The molecule has 0 saturated carbocycles. The van der Waals surface area contributed by atoms with Gasteiger partial charge < -0.3 is 4.74 Å². The summed E-state index contributed by atoms with van der Waals surface area (Å²) in [6, 6.07) is 22.9. The first-order valence-corrected chi connectivity index (χ1v) is 9.86. The van der Waals surface area contributed by atoms with Gasteiger partial charge in [-0.15, -0.1) is 12.8 Å². The van der Waals surface area contributed by atoms with E-state index in [1.165, 1.54) is 4.90 Å². The van der Waals surface area contributed by atoms with Gasteiger partial charge in [-0.3, -0.25) is 9.59 Å². The predicted octanol–water partition coefficient (Wildman–Crippen LogP) is 5.40. The van der Waals surface area contributed by atoms with Gasteiger partial charge in [0.05, 0.1) is 16.8 Å². The number of rotatable bonds is 3. The molecule has 1 aliphatic heterocycles. The monoisotopic (exact) mass is 413 g/mol. The van der Waals surface area contributed by atoms with Crippen molar-refractivity contribution in [2.45, 2.75) is 0 Å². The zero-order valence-electron chi connectivity index (χ0n) is 16.8. The van der Waals surface area contributed by atoms with E-state index in [0.717, 1.165) is 5.39 Å². The van der Waals surface area contributed by atoms with Crippen molar-refractivity contribution in [3.8, 4) is 36.2 Å². The highest BCUT2D eigenvalue weighted by atomic mass is 16.5. The van der Waals surface area contributed by atoms with Crippen LogP contribution in [0.1, 0.15) is 31.8 Å². The lowest BCUT2D eigenvalue weighted by Gasteiger charge is -2.13. The Kier molecular flexibility index (Phi) is 4.48. The Bertz CT molecular complexity index is 1500. The maximum atomic E-state index is 13.3. The van der Waals surface area contributed by atoms with Crippen LogP contribution >= 0.6 is 0 Å². The van der Waals surface area contributed by atoms with E-state index >= 15 is 0 Å². The van der Waals surface area contributed by atoms with Crippen LogP contribution in [0.4, 0.5) is 5.69 Å². The first-order chi connectivity index (χ1) is 15.6. The largest absolute Gasteiger partial charge is 0.457 e. The normalized spacial score (nSPS) is 12.4. The Morgan fingerprint density at radius 2 is 1.44 bits per heavy atom. The lowest BCUT2D eigenvalue weighted by Crippen LogP contribution is -2.29. The smallest absolute Gasteiger partial charge is 0.266 e. The lowest BCUT2D eigenvalue weighted by atomic mass is 9.99. The molecule has 4 nitrogen and oxygen atoms in total. The number of fused-ring (bicyclic) bond motifs is 3. The molecule has 150 valence electrons. The van der Waals surface area contributed by atoms with Gasteiger partial charge in [0, 0.05) is 16.5 Å². The number of benzene rings is 4. The van der Waals surface area contributed by atoms with Crippen molar-refractivity contribution in [3.63, 3.8) is 0 Å². The summed E-state index contributed by atoms with van der Waals surface area (Å²) in [4.78, 5) is 27.8. The van der Waals surface area contributed by atoms with Gasteiger partial charge in [-0.2, -0.15) is 0 Å². The summed E-state index contributed by atoms with van der Waals surface area (Å²) in [5.41, 5.74) is 2.46. The van der Waals surface area contributed by atoms with Crippen molar-refractivity contribution in [3.05, 3.63) is 101 Å². The van der Waals surface area contributed by atoms with E-state index in [9.17, 15) is 9.59 Å². The van der Waals surface area contributed by atoms with Crippen LogP contribution in [0.5, 0.6) is 11.5 Å². The van der Waals surface area contributed by atoms with E-state index < -0.39 is 5.91 Å². The van der Waals surface area contributed by atoms with Crippen molar-refractivity contribution in [1.29, 1.82) is 0 Å². The number of amides is 2. The zero-order chi connectivity index (χ0) is 22.2. The highest BCUT2D eigenvalue weighted by molar-refractivity contribution is 6.38. The molecule has 1 heterocycles. The maximum absolute atomic E-state index is 13.3. The second-order valence-electron chi connectivity index (χ2n) is 7.25. The predicted molar refractivity (Wildman–Crippen MR) is 124 cm³/mol. The molecule has 0 atom stereocenters. The summed E-state index contributed by atoms with van der Waals surface area (Å²) < 4.78 is 6.11. The zero-order valence-corrected chi connectivity index (χ0v) is 16.8. The van der Waals surface area contributed by atoms with Gasteiger partial charge in [0.1, 0.15) is 11.5 Å². The summed E-state index contributed by atoms with van der Waals surface area (Å²) >= 11 is 0. The number of nitrogens with zero attached hydrogens (tertiary/aromatic N) is 1. The number of hydrogen-bond donors (Lipinski definition) is 0. The van der Waals surface area contributed by atoms with Crippen LogP contribution in [0, 0.1) is 24.7 Å². The second kappa shape index (κ2) is 7.47. The van der Waals surface area contributed by atoms with Gasteiger partial charge in [0.15, 0.2) is 0 Å². The summed E-state index contributed by atoms with van der Waals surface area (Å²) in [7, 11) is 0. The minimum absolute atomic E-state index is 0.290. The molecule has 0 aromatic heterocycles. The molecule has 0 N–H and O–H groups in total. The van der Waals surface area contributed by atoms with E-state index in [4.69, 9.17) is 17.6 Å². The fraction of sp³-hybridized carbons (Fsp3) is 0. The first-order valence-electron chi connectivity index (χ1n) is 9.86. The molecule has 32 heavy (non-hydrogen) atoms. The Morgan fingerprint density at radius 3 is 2.16 bits per heavy atom. The third-order valence-electron chi connectivity index (χ3n) is 5.38. The van der Waals surface area contributed by atoms with Gasteiger partial charge in [-0.05, 0) is 53.9 Å². The summed E-state index contributed by atoms with van der Waals surface area (Å²) in [6.07, 6.45) is 10.9. The molecule has 5 rings (SSSR count). The van der Waals surface area contributed by atoms with Crippen LogP contribution in [0.15, 0.2) is 78.9 Å². The van der Waals surface area contributed by atoms with Gasteiger partial charge >= 0.3 is 0 Å². The van der Waals surface area contributed by atoms with Crippen LogP contribution < -0.4 is 9.64 Å². The van der Waals surface area contributed by atoms with E-state index in [1.807, 2.05) is 24.3 Å². The molecule has 0 unspecified atom stereocenters. The Labute approximate surface area is 185 Å². The molecule has 4 aromatic rings. The van der Waals surface area contributed by atoms with E-state index in [2.05, 4.69) is 11.8 Å². The molecule has 0 radical (unpaired) electrons. The number of hydrogen-bond acceptors (Lipinski definition) is 3. The van der Waals surface area contributed by atoms with Gasteiger partial charge in [0.2, 0.25) is 0 Å². The number of ether oxygens (including phenoxy) is 1. The minimum atomic E-state index is -0.411. The Hall–Kier alpha value is -4.80. The quantitative estimate of drug-likeness (QED) is 0.334. The van der Waals surface area contributed by atoms with E-state index in [0.29, 0.717) is 39.3 Å². The third kappa shape index (κ3) is 2.99. The fourth-order valence-corrected chi connectivity index (χ4v) is 3.87. The highest BCUT2D eigenvalue weighted by Crippen LogP contribution is 2.39. The van der Waals surface area contributed by atoms with Gasteiger partial charge in [-0.1, -0.05) is 42.2 Å². The number of carbonyl (C=O) groups is 2. The molecule has 4 heteroatoms. The van der Waals surface area contributed by atoms with Gasteiger partial charge in [0.25, 0.3) is 11.8 Å². The molecule has 1 aliphatic rings. The Balaban J connectivity index is 1.65. The lowest BCUT2D eigenvalue weighted by molar-refractivity contribution is 0.0926. The minimum Gasteiger partial charge on any atom is -0.457 e. The van der Waals surface area contributed by atoms with Crippen LogP contribution in [0.2, 0.25) is 0 Å². The van der Waals surface area contributed by atoms with Crippen molar-refractivity contribution >= 4 is 28.3 Å². The molecule has 2 amide bonds. The molecule has 0 spiro atoms. The van der Waals surface area contributed by atoms with Crippen LogP contribution in [-0.4, -0.2) is 11.8 Å². The summed E-state index contributed by atoms with van der Waals surface area (Å²) in [6.45, 7) is 0. The fourth-order valence-electron chi connectivity index (χ4n) is 3.87. The molecule has 0 saturated heterocycles. The van der Waals surface area contributed by atoms with Crippen molar-refractivity contribution < 1.29 is 14.3 Å². The molecule has 0 bridgehead atoms.